The molecule has 0 radical (unpaired) electrons. The summed E-state index contributed by atoms with van der Waals surface area (Å²) in [6.07, 6.45) is 0.200. The lowest BCUT2D eigenvalue weighted by molar-refractivity contribution is 0.0940. The molecular weight excluding hydrogens is 382 g/mol. The summed E-state index contributed by atoms with van der Waals surface area (Å²) in [4.78, 5) is 15.3. The van der Waals surface area contributed by atoms with Crippen molar-refractivity contribution in [3.05, 3.63) is 132 Å². The summed E-state index contributed by atoms with van der Waals surface area (Å²) in [5.74, 6) is 0.0367. The zero-order chi connectivity index (χ0) is 21.1. The van der Waals surface area contributed by atoms with E-state index in [1.807, 2.05) is 115 Å². The maximum absolute atomic E-state index is 13.5. The minimum atomic E-state index is -0.880. The van der Waals surface area contributed by atoms with Gasteiger partial charge in [-0.2, -0.15) is 15.0 Å². The molecule has 0 bridgehead atoms. The fourth-order valence-corrected chi connectivity index (χ4v) is 4.09. The second kappa shape index (κ2) is 8.00. The predicted octanol–water partition coefficient (Wildman–Crippen LogP) is 5.50. The Morgan fingerprint density at radius 2 is 1.03 bits per heavy atom. The Kier molecular flexibility index (Phi) is 4.89. The number of hydrogen-bond acceptors (Lipinski definition) is 3. The molecule has 5 rings (SSSR count). The van der Waals surface area contributed by atoms with Gasteiger partial charge >= 0.3 is 0 Å². The van der Waals surface area contributed by atoms with Crippen LogP contribution in [-0.2, 0) is 5.54 Å². The Hall–Kier alpha value is -4.05. The fourth-order valence-electron chi connectivity index (χ4n) is 4.09. The van der Waals surface area contributed by atoms with Crippen LogP contribution >= 0.6 is 0 Å². The van der Waals surface area contributed by atoms with Crippen LogP contribution in [0.5, 0.6) is 0 Å². The van der Waals surface area contributed by atoms with Gasteiger partial charge in [0.25, 0.3) is 0 Å². The summed E-state index contributed by atoms with van der Waals surface area (Å²) in [5.41, 5.74) is 3.32. The summed E-state index contributed by atoms with van der Waals surface area (Å²) in [6.45, 7) is 0. The minimum Gasteiger partial charge on any atom is -0.294 e. The van der Waals surface area contributed by atoms with Gasteiger partial charge in [0.15, 0.2) is 5.78 Å². The van der Waals surface area contributed by atoms with E-state index in [4.69, 9.17) is 10.2 Å². The normalized spacial score (nSPS) is 11.5. The number of rotatable bonds is 6. The Morgan fingerprint density at radius 3 is 1.52 bits per heavy atom. The minimum absolute atomic E-state index is 0.0367. The second-order valence-electron chi connectivity index (χ2n) is 7.54. The molecule has 0 unspecified atom stereocenters. The number of Topliss-reactive ketones (excluding diaryl/α,β-unsaturated/α-hetero) is 1. The van der Waals surface area contributed by atoms with Crippen molar-refractivity contribution in [1.29, 1.82) is 0 Å². The van der Waals surface area contributed by atoms with E-state index in [-0.39, 0.29) is 12.2 Å². The van der Waals surface area contributed by atoms with E-state index in [0.29, 0.717) is 5.56 Å². The molecule has 5 aromatic rings. The van der Waals surface area contributed by atoms with Crippen LogP contribution < -0.4 is 0 Å². The van der Waals surface area contributed by atoms with Crippen LogP contribution in [0.25, 0.3) is 11.0 Å². The number of carbonyl (C=O) groups excluding carboxylic acids is 1. The number of carbonyl (C=O) groups is 1. The van der Waals surface area contributed by atoms with Gasteiger partial charge < -0.3 is 0 Å². The van der Waals surface area contributed by atoms with Crippen molar-refractivity contribution in [2.75, 3.05) is 0 Å². The smallest absolute Gasteiger partial charge is 0.166 e. The standard InChI is InChI=1S/C27H21N3O/c31-26(21-12-4-1-5-13-21)20-27(22-14-6-2-7-15-22,23-16-8-3-9-17-23)30-28-24-18-10-11-19-25(24)29-30/h1-19H,20H2. The first-order valence-electron chi connectivity index (χ1n) is 10.3. The van der Waals surface area contributed by atoms with Crippen LogP contribution in [0.2, 0.25) is 0 Å². The van der Waals surface area contributed by atoms with Gasteiger partial charge in [0.2, 0.25) is 0 Å². The lowest BCUT2D eigenvalue weighted by Gasteiger charge is -2.33. The molecule has 4 nitrogen and oxygen atoms in total. The molecule has 0 aliphatic heterocycles. The predicted molar refractivity (Wildman–Crippen MR) is 122 cm³/mol. The zero-order valence-corrected chi connectivity index (χ0v) is 16.9. The topological polar surface area (TPSA) is 47.8 Å². The zero-order valence-electron chi connectivity index (χ0n) is 16.9. The van der Waals surface area contributed by atoms with Crippen molar-refractivity contribution >= 4 is 16.8 Å². The summed E-state index contributed by atoms with van der Waals surface area (Å²) in [5, 5.41) is 9.68. The van der Waals surface area contributed by atoms with Gasteiger partial charge in [-0.25, -0.2) is 0 Å². The van der Waals surface area contributed by atoms with Gasteiger partial charge in [-0.05, 0) is 23.3 Å². The summed E-state index contributed by atoms with van der Waals surface area (Å²) < 4.78 is 0. The molecule has 0 fully saturated rings. The van der Waals surface area contributed by atoms with Crippen molar-refractivity contribution in [1.82, 2.24) is 15.0 Å². The first-order valence-corrected chi connectivity index (χ1v) is 10.3. The number of nitrogens with zero attached hydrogens (tertiary/aromatic N) is 3. The molecule has 31 heavy (non-hydrogen) atoms. The Balaban J connectivity index is 1.78. The van der Waals surface area contributed by atoms with Crippen LogP contribution in [0.4, 0.5) is 0 Å². The molecule has 0 spiro atoms. The monoisotopic (exact) mass is 403 g/mol. The quantitative estimate of drug-likeness (QED) is 0.352. The van der Waals surface area contributed by atoms with Crippen molar-refractivity contribution in [2.45, 2.75) is 12.0 Å². The summed E-state index contributed by atoms with van der Waals surface area (Å²) in [7, 11) is 0. The van der Waals surface area contributed by atoms with Crippen LogP contribution in [-0.4, -0.2) is 20.8 Å². The maximum Gasteiger partial charge on any atom is 0.166 e. The third-order valence-corrected chi connectivity index (χ3v) is 5.64. The van der Waals surface area contributed by atoms with Gasteiger partial charge in [0.05, 0.1) is 0 Å². The number of ketones is 1. The maximum atomic E-state index is 13.5. The Labute approximate surface area is 180 Å². The summed E-state index contributed by atoms with van der Waals surface area (Å²) in [6, 6.07) is 37.3. The van der Waals surface area contributed by atoms with Crippen molar-refractivity contribution < 1.29 is 4.79 Å². The van der Waals surface area contributed by atoms with Crippen molar-refractivity contribution in [3.63, 3.8) is 0 Å². The van der Waals surface area contributed by atoms with Crippen LogP contribution in [0.1, 0.15) is 27.9 Å². The average Bonchev–Trinajstić information content (AvgIpc) is 3.29. The molecule has 0 saturated carbocycles. The second-order valence-corrected chi connectivity index (χ2v) is 7.54. The van der Waals surface area contributed by atoms with Gasteiger partial charge in [-0.1, -0.05) is 103 Å². The number of benzene rings is 4. The lowest BCUT2D eigenvalue weighted by atomic mass is 9.78. The van der Waals surface area contributed by atoms with Crippen LogP contribution in [0.3, 0.4) is 0 Å². The molecule has 1 aromatic heterocycles. The molecule has 0 aliphatic carbocycles. The van der Waals surface area contributed by atoms with E-state index in [1.54, 1.807) is 4.80 Å². The molecule has 150 valence electrons. The third-order valence-electron chi connectivity index (χ3n) is 5.64. The van der Waals surface area contributed by atoms with Gasteiger partial charge in [-0.15, -0.1) is 0 Å². The van der Waals surface area contributed by atoms with E-state index in [9.17, 15) is 4.79 Å². The molecular formula is C27H21N3O. The molecule has 4 aromatic carbocycles. The molecule has 0 aliphatic rings. The van der Waals surface area contributed by atoms with Gasteiger partial charge in [-0.3, -0.25) is 4.79 Å². The van der Waals surface area contributed by atoms with Crippen molar-refractivity contribution in [2.24, 2.45) is 0 Å². The SMILES string of the molecule is O=C(CC(c1ccccc1)(c1ccccc1)n1nc2ccccc2n1)c1ccccc1. The van der Waals surface area contributed by atoms with E-state index < -0.39 is 5.54 Å². The highest BCUT2D eigenvalue weighted by Gasteiger charge is 2.41. The molecule has 0 N–H and O–H groups in total. The molecule has 4 heteroatoms. The molecule has 0 amide bonds. The average molecular weight is 403 g/mol. The largest absolute Gasteiger partial charge is 0.294 e. The Bertz CT molecular complexity index is 1240. The highest BCUT2D eigenvalue weighted by molar-refractivity contribution is 5.97. The van der Waals surface area contributed by atoms with Crippen molar-refractivity contribution in [3.8, 4) is 0 Å². The van der Waals surface area contributed by atoms with Crippen LogP contribution in [0.15, 0.2) is 115 Å². The Morgan fingerprint density at radius 1 is 0.613 bits per heavy atom. The van der Waals surface area contributed by atoms with Crippen LogP contribution in [0, 0.1) is 0 Å². The highest BCUT2D eigenvalue weighted by atomic mass is 16.1. The highest BCUT2D eigenvalue weighted by Crippen LogP contribution is 2.38. The van der Waals surface area contributed by atoms with Gasteiger partial charge in [0.1, 0.15) is 16.6 Å². The molecule has 0 saturated heterocycles. The number of aromatic nitrogens is 3. The number of hydrogen-bond donors (Lipinski definition) is 0. The van der Waals surface area contributed by atoms with E-state index in [2.05, 4.69) is 0 Å². The van der Waals surface area contributed by atoms with E-state index in [1.165, 1.54) is 0 Å². The van der Waals surface area contributed by atoms with E-state index in [0.717, 1.165) is 22.2 Å². The first-order chi connectivity index (χ1) is 15.3. The summed E-state index contributed by atoms with van der Waals surface area (Å²) >= 11 is 0. The first kappa shape index (κ1) is 18.9. The van der Waals surface area contributed by atoms with E-state index >= 15 is 0 Å². The molecule has 0 atom stereocenters. The fraction of sp³-hybridized carbons (Fsp3) is 0.0741. The van der Waals surface area contributed by atoms with Gasteiger partial charge in [0, 0.05) is 12.0 Å². The molecule has 1 heterocycles. The third kappa shape index (κ3) is 3.42. The number of fused-ring (bicyclic) bond motifs is 1. The lowest BCUT2D eigenvalue weighted by Crippen LogP contribution is -2.40.